The van der Waals surface area contributed by atoms with E-state index in [4.69, 9.17) is 0 Å². The van der Waals surface area contributed by atoms with Gasteiger partial charge in [0.25, 0.3) is 0 Å². The van der Waals surface area contributed by atoms with Crippen molar-refractivity contribution in [2.75, 3.05) is 0 Å². The molecule has 0 heterocycles. The van der Waals surface area contributed by atoms with Gasteiger partial charge < -0.3 is 0 Å². The molecule has 1 rings (SSSR count). The zero-order valence-electron chi connectivity index (χ0n) is 8.20. The zero-order valence-corrected chi connectivity index (χ0v) is 8.20. The third kappa shape index (κ3) is 2.26. The summed E-state index contributed by atoms with van der Waals surface area (Å²) in [7, 11) is 0. The van der Waals surface area contributed by atoms with Crippen LogP contribution in [0.4, 0.5) is 8.78 Å². The lowest BCUT2D eigenvalue weighted by Gasteiger charge is -2.35. The van der Waals surface area contributed by atoms with Crippen molar-refractivity contribution in [3.8, 4) is 0 Å². The van der Waals surface area contributed by atoms with Crippen LogP contribution in [0.15, 0.2) is 0 Å². The van der Waals surface area contributed by atoms with E-state index >= 15 is 0 Å². The Kier molecular flexibility index (Phi) is 2.74. The summed E-state index contributed by atoms with van der Waals surface area (Å²) < 4.78 is 25.6. The highest BCUT2D eigenvalue weighted by Gasteiger charge is 2.43. The average Bonchev–Trinajstić information content (AvgIpc) is 2.09. The second kappa shape index (κ2) is 3.35. The number of carbonyl (C=O) groups is 1. The maximum atomic E-state index is 12.8. The summed E-state index contributed by atoms with van der Waals surface area (Å²) in [5.74, 6) is -2.41. The minimum absolute atomic E-state index is 0.128. The van der Waals surface area contributed by atoms with Crippen molar-refractivity contribution in [2.45, 2.75) is 51.9 Å². The Morgan fingerprint density at radius 3 is 2.08 bits per heavy atom. The topological polar surface area (TPSA) is 17.1 Å². The lowest BCUT2D eigenvalue weighted by Crippen LogP contribution is -2.36. The number of rotatable bonds is 2. The largest absolute Gasteiger partial charge is 0.299 e. The van der Waals surface area contributed by atoms with Gasteiger partial charge in [-0.15, -0.1) is 0 Å². The number of alkyl halides is 2. The van der Waals surface area contributed by atoms with Crippen molar-refractivity contribution in [3.05, 3.63) is 0 Å². The maximum Gasteiger partial charge on any atom is 0.248 e. The summed E-state index contributed by atoms with van der Waals surface area (Å²) in [5, 5.41) is 0. The van der Waals surface area contributed by atoms with Crippen LogP contribution in [0, 0.1) is 5.41 Å². The van der Waals surface area contributed by atoms with Crippen molar-refractivity contribution < 1.29 is 13.6 Å². The van der Waals surface area contributed by atoms with Crippen molar-refractivity contribution in [1.29, 1.82) is 0 Å². The van der Waals surface area contributed by atoms with Crippen molar-refractivity contribution >= 4 is 5.78 Å². The molecule has 1 saturated carbocycles. The third-order valence-corrected chi connectivity index (χ3v) is 3.08. The van der Waals surface area contributed by atoms with Crippen LogP contribution in [-0.4, -0.2) is 11.7 Å². The van der Waals surface area contributed by atoms with Crippen LogP contribution in [0.3, 0.4) is 0 Å². The summed E-state index contributed by atoms with van der Waals surface area (Å²) in [6, 6.07) is 0. The molecule has 0 atom stereocenters. The van der Waals surface area contributed by atoms with Crippen LogP contribution in [0.2, 0.25) is 0 Å². The second-order valence-electron chi connectivity index (χ2n) is 4.19. The normalized spacial score (nSPS) is 25.5. The number of hydrogen-bond acceptors (Lipinski definition) is 1. The fourth-order valence-corrected chi connectivity index (χ4v) is 1.87. The van der Waals surface area contributed by atoms with E-state index in [0.29, 0.717) is 19.3 Å². The average molecular weight is 190 g/mol. The summed E-state index contributed by atoms with van der Waals surface area (Å²) in [5.41, 5.74) is -0.476. The Balaban J connectivity index is 2.61. The van der Waals surface area contributed by atoms with Gasteiger partial charge in [-0.3, -0.25) is 4.79 Å². The molecular weight excluding hydrogens is 174 g/mol. The van der Waals surface area contributed by atoms with Gasteiger partial charge >= 0.3 is 0 Å². The third-order valence-electron chi connectivity index (χ3n) is 3.08. The Morgan fingerprint density at radius 2 is 1.69 bits per heavy atom. The standard InChI is InChI=1S/C10H16F2O/c1-3-8(13)9(2)4-6-10(11,12)7-5-9/h3-7H2,1-2H3. The number of carbonyl (C=O) groups excluding carboxylic acids is 1. The van der Waals surface area contributed by atoms with Gasteiger partial charge in [-0.1, -0.05) is 13.8 Å². The predicted molar refractivity (Wildman–Crippen MR) is 46.8 cm³/mol. The van der Waals surface area contributed by atoms with Crippen LogP contribution in [0.5, 0.6) is 0 Å². The minimum Gasteiger partial charge on any atom is -0.299 e. The Bertz CT molecular complexity index is 201. The molecule has 1 nitrogen and oxygen atoms in total. The van der Waals surface area contributed by atoms with Gasteiger partial charge in [-0.05, 0) is 12.8 Å². The van der Waals surface area contributed by atoms with Gasteiger partial charge in [-0.2, -0.15) is 0 Å². The smallest absolute Gasteiger partial charge is 0.248 e. The van der Waals surface area contributed by atoms with E-state index in [-0.39, 0.29) is 18.6 Å². The van der Waals surface area contributed by atoms with Crippen LogP contribution in [0.1, 0.15) is 46.0 Å². The first-order chi connectivity index (χ1) is 5.90. The van der Waals surface area contributed by atoms with Crippen molar-refractivity contribution in [1.82, 2.24) is 0 Å². The summed E-state index contributed by atoms with van der Waals surface area (Å²) in [6.45, 7) is 3.61. The SMILES string of the molecule is CCC(=O)C1(C)CCC(F)(F)CC1. The maximum absolute atomic E-state index is 12.8. The van der Waals surface area contributed by atoms with Crippen LogP contribution in [0.25, 0.3) is 0 Å². The van der Waals surface area contributed by atoms with Crippen LogP contribution < -0.4 is 0 Å². The molecule has 0 spiro atoms. The zero-order chi connectivity index (χ0) is 10.1. The Hall–Kier alpha value is -0.470. The molecule has 0 aromatic heterocycles. The predicted octanol–water partition coefficient (Wildman–Crippen LogP) is 3.18. The van der Waals surface area contributed by atoms with Gasteiger partial charge in [0.15, 0.2) is 0 Å². The molecule has 76 valence electrons. The molecular formula is C10H16F2O. The van der Waals surface area contributed by atoms with Gasteiger partial charge in [0.2, 0.25) is 5.92 Å². The highest BCUT2D eigenvalue weighted by molar-refractivity contribution is 5.84. The van der Waals surface area contributed by atoms with Crippen molar-refractivity contribution in [3.63, 3.8) is 0 Å². The lowest BCUT2D eigenvalue weighted by molar-refractivity contribution is -0.134. The molecule has 0 aliphatic heterocycles. The van der Waals surface area contributed by atoms with Gasteiger partial charge in [0.05, 0.1) is 0 Å². The van der Waals surface area contributed by atoms with E-state index in [1.807, 2.05) is 6.92 Å². The van der Waals surface area contributed by atoms with E-state index in [1.54, 1.807) is 6.92 Å². The first kappa shape index (κ1) is 10.6. The van der Waals surface area contributed by atoms with Crippen LogP contribution >= 0.6 is 0 Å². The molecule has 0 aromatic rings. The highest BCUT2D eigenvalue weighted by Crippen LogP contribution is 2.44. The molecule has 0 bridgehead atoms. The molecule has 0 N–H and O–H groups in total. The second-order valence-corrected chi connectivity index (χ2v) is 4.19. The summed E-state index contributed by atoms with van der Waals surface area (Å²) in [6.07, 6.45) is 0.881. The van der Waals surface area contributed by atoms with Crippen molar-refractivity contribution in [2.24, 2.45) is 5.41 Å². The van der Waals surface area contributed by atoms with Crippen LogP contribution in [-0.2, 0) is 4.79 Å². The van der Waals surface area contributed by atoms with E-state index in [0.717, 1.165) is 0 Å². The molecule has 0 unspecified atom stereocenters. The molecule has 0 amide bonds. The van der Waals surface area contributed by atoms with Gasteiger partial charge in [-0.25, -0.2) is 8.78 Å². The lowest BCUT2D eigenvalue weighted by atomic mass is 9.71. The molecule has 0 radical (unpaired) electrons. The Labute approximate surface area is 77.5 Å². The van der Waals surface area contributed by atoms with E-state index in [1.165, 1.54) is 0 Å². The molecule has 1 fully saturated rings. The van der Waals surface area contributed by atoms with E-state index in [2.05, 4.69) is 0 Å². The molecule has 0 aromatic carbocycles. The summed E-state index contributed by atoms with van der Waals surface area (Å²) >= 11 is 0. The molecule has 1 aliphatic carbocycles. The van der Waals surface area contributed by atoms with E-state index in [9.17, 15) is 13.6 Å². The van der Waals surface area contributed by atoms with Gasteiger partial charge in [0, 0.05) is 24.7 Å². The fourth-order valence-electron chi connectivity index (χ4n) is 1.87. The monoisotopic (exact) mass is 190 g/mol. The molecule has 1 aliphatic rings. The molecule has 0 saturated heterocycles. The first-order valence-corrected chi connectivity index (χ1v) is 4.81. The fraction of sp³-hybridized carbons (Fsp3) is 0.900. The summed E-state index contributed by atoms with van der Waals surface area (Å²) in [4.78, 5) is 11.5. The minimum atomic E-state index is -2.53. The van der Waals surface area contributed by atoms with E-state index < -0.39 is 11.3 Å². The molecule has 3 heteroatoms. The van der Waals surface area contributed by atoms with Gasteiger partial charge in [0.1, 0.15) is 5.78 Å². The highest BCUT2D eigenvalue weighted by atomic mass is 19.3. The quantitative estimate of drug-likeness (QED) is 0.653. The number of halogens is 2. The molecule has 13 heavy (non-hydrogen) atoms. The number of ketones is 1. The first-order valence-electron chi connectivity index (χ1n) is 4.81. The number of Topliss-reactive ketones (excluding diaryl/α,β-unsaturated/α-hetero) is 1. The number of hydrogen-bond donors (Lipinski definition) is 0. The Morgan fingerprint density at radius 1 is 1.23 bits per heavy atom.